The van der Waals surface area contributed by atoms with Gasteiger partial charge in [-0.15, -0.1) is 0 Å². The molecular weight excluding hydrogens is 312 g/mol. The number of hydrogen-bond donors (Lipinski definition) is 1. The standard InChI is InChI=1S/C18H11ClN2S/c19-17-14-7-3-1-5-12(14)16(9-11(10-20)18(21)22)13-6-2-4-8-15(13)17/h1-9H,(H2,21,22)/b11-9-. The smallest absolute Gasteiger partial charge is 0.114 e. The minimum atomic E-state index is 0.0885. The molecule has 0 radical (unpaired) electrons. The zero-order valence-electron chi connectivity index (χ0n) is 11.5. The van der Waals surface area contributed by atoms with E-state index in [0.29, 0.717) is 5.02 Å². The molecule has 0 heterocycles. The van der Waals surface area contributed by atoms with Gasteiger partial charge in [0, 0.05) is 10.8 Å². The van der Waals surface area contributed by atoms with Gasteiger partial charge in [-0.25, -0.2) is 0 Å². The third-order valence-corrected chi connectivity index (χ3v) is 4.21. The van der Waals surface area contributed by atoms with Crippen molar-refractivity contribution in [1.82, 2.24) is 0 Å². The van der Waals surface area contributed by atoms with Crippen LogP contribution in [0.4, 0.5) is 0 Å². The highest BCUT2D eigenvalue weighted by Crippen LogP contribution is 2.37. The van der Waals surface area contributed by atoms with E-state index in [1.54, 1.807) is 6.08 Å². The number of benzene rings is 3. The van der Waals surface area contributed by atoms with Gasteiger partial charge in [-0.05, 0) is 22.4 Å². The molecule has 0 aromatic heterocycles. The van der Waals surface area contributed by atoms with Crippen LogP contribution in [0.25, 0.3) is 27.6 Å². The predicted molar refractivity (Wildman–Crippen MR) is 96.8 cm³/mol. The summed E-state index contributed by atoms with van der Waals surface area (Å²) in [4.78, 5) is 0.0885. The fourth-order valence-electron chi connectivity index (χ4n) is 2.57. The van der Waals surface area contributed by atoms with Gasteiger partial charge in [0.15, 0.2) is 0 Å². The molecule has 0 aliphatic carbocycles. The van der Waals surface area contributed by atoms with Gasteiger partial charge >= 0.3 is 0 Å². The fourth-order valence-corrected chi connectivity index (χ4v) is 3.00. The van der Waals surface area contributed by atoms with Crippen molar-refractivity contribution in [2.24, 2.45) is 5.73 Å². The average molecular weight is 323 g/mol. The molecule has 106 valence electrons. The molecule has 0 fully saturated rings. The number of fused-ring (bicyclic) bond motifs is 2. The molecule has 0 saturated carbocycles. The molecule has 3 rings (SSSR count). The molecule has 0 bridgehead atoms. The molecule has 2 nitrogen and oxygen atoms in total. The van der Waals surface area contributed by atoms with E-state index in [9.17, 15) is 5.26 Å². The summed E-state index contributed by atoms with van der Waals surface area (Å²) < 4.78 is 0. The maximum atomic E-state index is 9.24. The normalized spacial score (nSPS) is 11.5. The summed E-state index contributed by atoms with van der Waals surface area (Å²) in [5.74, 6) is 0. The number of halogens is 1. The van der Waals surface area contributed by atoms with Crippen molar-refractivity contribution in [3.8, 4) is 6.07 Å². The summed E-state index contributed by atoms with van der Waals surface area (Å²) in [6, 6.07) is 17.7. The monoisotopic (exact) mass is 322 g/mol. The first-order valence-corrected chi connectivity index (χ1v) is 7.42. The van der Waals surface area contributed by atoms with Crippen LogP contribution in [0.3, 0.4) is 0 Å². The van der Waals surface area contributed by atoms with E-state index in [-0.39, 0.29) is 10.6 Å². The van der Waals surface area contributed by atoms with Crippen molar-refractivity contribution in [2.75, 3.05) is 0 Å². The van der Waals surface area contributed by atoms with Crippen molar-refractivity contribution in [3.63, 3.8) is 0 Å². The molecule has 0 spiro atoms. The minimum Gasteiger partial charge on any atom is -0.389 e. The van der Waals surface area contributed by atoms with Crippen LogP contribution in [0.2, 0.25) is 5.02 Å². The van der Waals surface area contributed by atoms with Gasteiger partial charge in [0.2, 0.25) is 0 Å². The molecule has 0 unspecified atom stereocenters. The van der Waals surface area contributed by atoms with Gasteiger partial charge < -0.3 is 5.73 Å². The van der Waals surface area contributed by atoms with E-state index in [1.165, 1.54) is 0 Å². The zero-order chi connectivity index (χ0) is 15.7. The molecule has 3 aromatic carbocycles. The van der Waals surface area contributed by atoms with E-state index in [0.717, 1.165) is 27.1 Å². The Hall–Kier alpha value is -2.41. The molecule has 4 heteroatoms. The molecule has 0 atom stereocenters. The number of rotatable bonds is 2. The van der Waals surface area contributed by atoms with Gasteiger partial charge in [-0.3, -0.25) is 0 Å². The lowest BCUT2D eigenvalue weighted by molar-refractivity contribution is 1.52. The topological polar surface area (TPSA) is 49.8 Å². The van der Waals surface area contributed by atoms with Crippen LogP contribution in [0.1, 0.15) is 5.56 Å². The Kier molecular flexibility index (Phi) is 3.81. The SMILES string of the molecule is N#C/C(=C/c1c2ccccc2c(Cl)c2ccccc12)C(N)=S. The predicted octanol–water partition coefficient (Wildman–Crippen LogP) is 4.84. The van der Waals surface area contributed by atoms with E-state index >= 15 is 0 Å². The van der Waals surface area contributed by atoms with Crippen LogP contribution >= 0.6 is 23.8 Å². The van der Waals surface area contributed by atoms with Crippen LogP contribution in [0.15, 0.2) is 54.1 Å². The van der Waals surface area contributed by atoms with Crippen molar-refractivity contribution >= 4 is 56.4 Å². The molecule has 0 aliphatic rings. The lowest BCUT2D eigenvalue weighted by Gasteiger charge is -2.11. The largest absolute Gasteiger partial charge is 0.389 e. The second-order valence-electron chi connectivity index (χ2n) is 4.85. The highest BCUT2D eigenvalue weighted by atomic mass is 35.5. The van der Waals surface area contributed by atoms with Gasteiger partial charge in [-0.2, -0.15) is 5.26 Å². The number of nitrogens with zero attached hydrogens (tertiary/aromatic N) is 1. The van der Waals surface area contributed by atoms with Gasteiger partial charge in [0.05, 0.1) is 10.6 Å². The van der Waals surface area contributed by atoms with E-state index in [2.05, 4.69) is 6.07 Å². The van der Waals surface area contributed by atoms with Crippen molar-refractivity contribution < 1.29 is 0 Å². The molecule has 0 amide bonds. The number of nitrogens with two attached hydrogens (primary N) is 1. The Morgan fingerprint density at radius 3 is 1.86 bits per heavy atom. The zero-order valence-corrected chi connectivity index (χ0v) is 13.1. The van der Waals surface area contributed by atoms with Crippen LogP contribution in [-0.2, 0) is 0 Å². The maximum absolute atomic E-state index is 9.24. The Balaban J connectivity index is 2.53. The Morgan fingerprint density at radius 1 is 1.00 bits per heavy atom. The molecular formula is C18H11ClN2S. The highest BCUT2D eigenvalue weighted by Gasteiger charge is 2.12. The fraction of sp³-hybridized carbons (Fsp3) is 0. The summed E-state index contributed by atoms with van der Waals surface area (Å²) in [7, 11) is 0. The summed E-state index contributed by atoms with van der Waals surface area (Å²) in [5.41, 5.74) is 6.82. The minimum absolute atomic E-state index is 0.0885. The summed E-state index contributed by atoms with van der Waals surface area (Å²) in [5, 5.41) is 13.8. The Morgan fingerprint density at radius 2 is 1.45 bits per heavy atom. The quantitative estimate of drug-likeness (QED) is 0.318. The van der Waals surface area contributed by atoms with Gasteiger partial charge in [0.1, 0.15) is 11.1 Å². The van der Waals surface area contributed by atoms with E-state index < -0.39 is 0 Å². The molecule has 3 aromatic rings. The maximum Gasteiger partial charge on any atom is 0.114 e. The Bertz CT molecular complexity index is 926. The molecule has 0 aliphatic heterocycles. The summed E-state index contributed by atoms with van der Waals surface area (Å²) in [6.07, 6.45) is 1.74. The van der Waals surface area contributed by atoms with E-state index in [1.807, 2.05) is 48.5 Å². The third-order valence-electron chi connectivity index (χ3n) is 3.58. The average Bonchev–Trinajstić information content (AvgIpc) is 2.55. The molecule has 22 heavy (non-hydrogen) atoms. The third kappa shape index (κ3) is 2.33. The van der Waals surface area contributed by atoms with Crippen LogP contribution in [0, 0.1) is 11.3 Å². The summed E-state index contributed by atoms with van der Waals surface area (Å²) in [6.45, 7) is 0. The molecule has 2 N–H and O–H groups in total. The van der Waals surface area contributed by atoms with E-state index in [4.69, 9.17) is 29.6 Å². The first kappa shape index (κ1) is 14.5. The second kappa shape index (κ2) is 5.76. The van der Waals surface area contributed by atoms with Crippen LogP contribution in [-0.4, -0.2) is 4.99 Å². The summed E-state index contributed by atoms with van der Waals surface area (Å²) >= 11 is 11.5. The van der Waals surface area contributed by atoms with Crippen molar-refractivity contribution in [1.29, 1.82) is 5.26 Å². The lowest BCUT2D eigenvalue weighted by atomic mass is 9.95. The highest BCUT2D eigenvalue weighted by molar-refractivity contribution is 7.80. The first-order chi connectivity index (χ1) is 10.6. The number of hydrogen-bond acceptors (Lipinski definition) is 2. The van der Waals surface area contributed by atoms with Crippen LogP contribution < -0.4 is 5.73 Å². The lowest BCUT2D eigenvalue weighted by Crippen LogP contribution is -2.09. The first-order valence-electron chi connectivity index (χ1n) is 6.64. The second-order valence-corrected chi connectivity index (χ2v) is 5.67. The number of nitriles is 1. The molecule has 0 saturated heterocycles. The number of thiocarbonyl (C=S) groups is 1. The van der Waals surface area contributed by atoms with Crippen molar-refractivity contribution in [2.45, 2.75) is 0 Å². The van der Waals surface area contributed by atoms with Crippen molar-refractivity contribution in [3.05, 3.63) is 64.7 Å². The van der Waals surface area contributed by atoms with Gasteiger partial charge in [0.25, 0.3) is 0 Å². The van der Waals surface area contributed by atoms with Crippen LogP contribution in [0.5, 0.6) is 0 Å². The van der Waals surface area contributed by atoms with Gasteiger partial charge in [-0.1, -0.05) is 72.3 Å². The Labute approximate surface area is 138 Å².